The van der Waals surface area contributed by atoms with E-state index in [1.165, 1.54) is 5.57 Å². The second kappa shape index (κ2) is 7.99. The summed E-state index contributed by atoms with van der Waals surface area (Å²) in [6, 6.07) is 0. The summed E-state index contributed by atoms with van der Waals surface area (Å²) in [5.41, 5.74) is 3.09. The third-order valence-electron chi connectivity index (χ3n) is 2.89. The Hall–Kier alpha value is -2.61. The van der Waals surface area contributed by atoms with Crippen molar-refractivity contribution in [3.8, 4) is 12.3 Å². The monoisotopic (exact) mass is 298 g/mol. The highest BCUT2D eigenvalue weighted by Crippen LogP contribution is 2.16. The van der Waals surface area contributed by atoms with Crippen LogP contribution in [0.2, 0.25) is 0 Å². The van der Waals surface area contributed by atoms with Crippen LogP contribution in [0.4, 0.5) is 5.69 Å². The van der Waals surface area contributed by atoms with E-state index in [-0.39, 0.29) is 11.7 Å². The maximum absolute atomic E-state index is 12.1. The van der Waals surface area contributed by atoms with Crippen LogP contribution in [0.25, 0.3) is 0 Å². The Balaban J connectivity index is 0.00000116. The molecule has 22 heavy (non-hydrogen) atoms. The minimum Gasteiger partial charge on any atom is -0.374 e. The maximum Gasteiger partial charge on any atom is 0.293 e. The van der Waals surface area contributed by atoms with Crippen LogP contribution in [0.3, 0.4) is 0 Å². The van der Waals surface area contributed by atoms with E-state index in [0.717, 1.165) is 12.1 Å². The number of amides is 1. The number of hydrogen-bond donors (Lipinski definition) is 1. The number of terminal acetylenes is 1. The van der Waals surface area contributed by atoms with E-state index in [9.17, 15) is 4.79 Å². The van der Waals surface area contributed by atoms with Crippen molar-refractivity contribution in [2.75, 3.05) is 19.0 Å². The first-order valence-electron chi connectivity index (χ1n) is 7.21. The molecule has 0 unspecified atom stereocenters. The minimum absolute atomic E-state index is 0.0717. The summed E-state index contributed by atoms with van der Waals surface area (Å²) in [4.78, 5) is 22.1. The van der Waals surface area contributed by atoms with Crippen molar-refractivity contribution in [2.45, 2.75) is 27.2 Å². The number of nitrogens with one attached hydrogen (secondary N) is 1. The molecule has 0 saturated heterocycles. The van der Waals surface area contributed by atoms with Crippen molar-refractivity contribution in [3.05, 3.63) is 41.1 Å². The lowest BCUT2D eigenvalue weighted by atomic mass is 10.3. The van der Waals surface area contributed by atoms with Gasteiger partial charge in [-0.25, -0.2) is 9.97 Å². The molecule has 1 N–H and O–H groups in total. The summed E-state index contributed by atoms with van der Waals surface area (Å²) in [7, 11) is 3.69. The number of rotatable bonds is 3. The zero-order valence-corrected chi connectivity index (χ0v) is 13.8. The van der Waals surface area contributed by atoms with Crippen molar-refractivity contribution >= 4 is 11.6 Å². The number of anilines is 1. The fourth-order valence-corrected chi connectivity index (χ4v) is 1.85. The summed E-state index contributed by atoms with van der Waals surface area (Å²) < 4.78 is 0. The number of aromatic nitrogens is 2. The zero-order chi connectivity index (χ0) is 16.7. The van der Waals surface area contributed by atoms with Crippen LogP contribution in [-0.2, 0) is 0 Å². The highest BCUT2D eigenvalue weighted by Gasteiger charge is 2.15. The molecule has 1 aromatic heterocycles. The van der Waals surface area contributed by atoms with Gasteiger partial charge in [0.05, 0.1) is 11.9 Å². The van der Waals surface area contributed by atoms with Gasteiger partial charge in [0.25, 0.3) is 5.91 Å². The number of allylic oxidation sites excluding steroid dienone is 3. The van der Waals surface area contributed by atoms with Crippen LogP contribution in [0.5, 0.6) is 0 Å². The fraction of sp³-hybridized carbons (Fsp3) is 0.353. The minimum atomic E-state index is -0.357. The van der Waals surface area contributed by atoms with Gasteiger partial charge in [0.1, 0.15) is 5.69 Å². The Morgan fingerprint density at radius 2 is 2.09 bits per heavy atom. The van der Waals surface area contributed by atoms with Gasteiger partial charge in [-0.05, 0) is 25.3 Å². The first-order chi connectivity index (χ1) is 10.5. The molecule has 0 atom stereocenters. The van der Waals surface area contributed by atoms with E-state index in [1.807, 2.05) is 51.9 Å². The van der Waals surface area contributed by atoms with Crippen LogP contribution in [-0.4, -0.2) is 30.0 Å². The molecule has 1 aromatic rings. The van der Waals surface area contributed by atoms with Crippen LogP contribution in [0, 0.1) is 12.3 Å². The molecule has 0 aliphatic heterocycles. The maximum atomic E-state index is 12.1. The average Bonchev–Trinajstić information content (AvgIpc) is 2.93. The van der Waals surface area contributed by atoms with Gasteiger partial charge in [-0.1, -0.05) is 25.5 Å². The van der Waals surface area contributed by atoms with Gasteiger partial charge in [-0.15, -0.1) is 6.42 Å². The first kappa shape index (κ1) is 17.4. The second-order valence-corrected chi connectivity index (χ2v) is 4.77. The van der Waals surface area contributed by atoms with E-state index >= 15 is 0 Å². The van der Waals surface area contributed by atoms with Gasteiger partial charge in [0.15, 0.2) is 0 Å². The molecule has 0 aromatic carbocycles. The lowest BCUT2D eigenvalue weighted by molar-refractivity contribution is 0.0957. The molecule has 0 bridgehead atoms. The molecule has 1 heterocycles. The van der Waals surface area contributed by atoms with E-state index in [2.05, 4.69) is 21.2 Å². The topological polar surface area (TPSA) is 58.1 Å². The highest BCUT2D eigenvalue weighted by molar-refractivity contribution is 5.92. The van der Waals surface area contributed by atoms with Crippen LogP contribution in [0.1, 0.15) is 43.5 Å². The molecule has 5 heteroatoms. The standard InChI is InChI=1S/C15H16N4O.C2H6/c1-5-12-13(19(3)4)9-16-14(18-12)15(20)17-11-7-6-10(2)8-11;1-2/h1,7-9H,6H2,2-4H3,(H,17,20);1-2H3. The molecule has 1 aliphatic carbocycles. The Morgan fingerprint density at radius 3 is 2.59 bits per heavy atom. The van der Waals surface area contributed by atoms with Crippen molar-refractivity contribution in [3.63, 3.8) is 0 Å². The normalized spacial score (nSPS) is 12.4. The number of carbonyl (C=O) groups is 1. The summed E-state index contributed by atoms with van der Waals surface area (Å²) >= 11 is 0. The van der Waals surface area contributed by atoms with E-state index in [0.29, 0.717) is 11.4 Å². The van der Waals surface area contributed by atoms with Crippen LogP contribution < -0.4 is 10.2 Å². The van der Waals surface area contributed by atoms with E-state index < -0.39 is 0 Å². The molecular formula is C17H22N4O. The summed E-state index contributed by atoms with van der Waals surface area (Å²) in [6.07, 6.45) is 11.7. The van der Waals surface area contributed by atoms with Gasteiger partial charge in [0.2, 0.25) is 5.82 Å². The Kier molecular flexibility index (Phi) is 6.33. The van der Waals surface area contributed by atoms with Crippen molar-refractivity contribution in [2.24, 2.45) is 0 Å². The predicted octanol–water partition coefficient (Wildman–Crippen LogP) is 2.51. The third kappa shape index (κ3) is 4.19. The molecule has 116 valence electrons. The van der Waals surface area contributed by atoms with Crippen LogP contribution in [0.15, 0.2) is 29.6 Å². The Bertz CT molecular complexity index is 651. The van der Waals surface area contributed by atoms with Gasteiger partial charge >= 0.3 is 0 Å². The molecular weight excluding hydrogens is 276 g/mol. The Morgan fingerprint density at radius 1 is 1.41 bits per heavy atom. The summed E-state index contributed by atoms with van der Waals surface area (Å²) in [5, 5.41) is 2.76. The molecule has 2 rings (SSSR count). The summed E-state index contributed by atoms with van der Waals surface area (Å²) in [5.74, 6) is 2.19. The molecule has 0 radical (unpaired) electrons. The van der Waals surface area contributed by atoms with Crippen molar-refractivity contribution in [1.82, 2.24) is 15.3 Å². The predicted molar refractivity (Wildman–Crippen MR) is 89.6 cm³/mol. The second-order valence-electron chi connectivity index (χ2n) is 4.77. The summed E-state index contributed by atoms with van der Waals surface area (Å²) in [6.45, 7) is 6.01. The number of hydrogen-bond acceptors (Lipinski definition) is 4. The molecule has 5 nitrogen and oxygen atoms in total. The lowest BCUT2D eigenvalue weighted by Crippen LogP contribution is -2.24. The fourth-order valence-electron chi connectivity index (χ4n) is 1.85. The number of nitrogens with zero attached hydrogens (tertiary/aromatic N) is 3. The van der Waals surface area contributed by atoms with Gasteiger partial charge < -0.3 is 10.2 Å². The Labute approximate surface area is 132 Å². The average molecular weight is 298 g/mol. The highest BCUT2D eigenvalue weighted by atomic mass is 16.2. The first-order valence-corrected chi connectivity index (χ1v) is 7.21. The zero-order valence-electron chi connectivity index (χ0n) is 13.8. The molecule has 0 saturated carbocycles. The molecule has 0 fully saturated rings. The SMILES string of the molecule is C#Cc1nc(C(=O)NC2=CCC(C)=C2)ncc1N(C)C.CC. The molecule has 0 spiro atoms. The molecule has 1 amide bonds. The third-order valence-corrected chi connectivity index (χ3v) is 2.89. The molecule has 1 aliphatic rings. The van der Waals surface area contributed by atoms with Gasteiger partial charge in [-0.3, -0.25) is 4.79 Å². The smallest absolute Gasteiger partial charge is 0.293 e. The number of carbonyl (C=O) groups excluding carboxylic acids is 1. The lowest BCUT2D eigenvalue weighted by Gasteiger charge is -2.13. The van der Waals surface area contributed by atoms with Crippen molar-refractivity contribution < 1.29 is 4.79 Å². The van der Waals surface area contributed by atoms with E-state index in [1.54, 1.807) is 6.20 Å². The quantitative estimate of drug-likeness (QED) is 0.871. The van der Waals surface area contributed by atoms with Gasteiger partial charge in [-0.2, -0.15) is 0 Å². The van der Waals surface area contributed by atoms with E-state index in [4.69, 9.17) is 6.42 Å². The van der Waals surface area contributed by atoms with Gasteiger partial charge in [0, 0.05) is 19.8 Å². The van der Waals surface area contributed by atoms with Crippen molar-refractivity contribution in [1.29, 1.82) is 0 Å². The van der Waals surface area contributed by atoms with Crippen LogP contribution >= 0.6 is 0 Å². The largest absolute Gasteiger partial charge is 0.374 e.